The molecule has 4 aromatic heterocycles. The number of rotatable bonds is 4. The zero-order valence-corrected chi connectivity index (χ0v) is 23.7. The summed E-state index contributed by atoms with van der Waals surface area (Å²) in [6.45, 7) is 13.2. The first-order valence-electron chi connectivity index (χ1n) is 12.5. The molecule has 1 aliphatic heterocycles. The summed E-state index contributed by atoms with van der Waals surface area (Å²) in [7, 11) is 0. The second-order valence-electron chi connectivity index (χ2n) is 9.01. The molecule has 4 nitrogen and oxygen atoms in total. The number of hydrogen-bond acceptors (Lipinski definition) is 2. The molecule has 0 fully saturated rings. The Morgan fingerprint density at radius 2 is 0.829 bits per heavy atom. The zero-order valence-electron chi connectivity index (χ0n) is 21.4. The molecule has 0 N–H and O–H groups in total. The quantitative estimate of drug-likeness (QED) is 0.332. The molecular formula is C30H32N4Pt. The van der Waals surface area contributed by atoms with Crippen LogP contribution in [0.5, 0.6) is 0 Å². The number of aromatic nitrogens is 4. The van der Waals surface area contributed by atoms with Crippen LogP contribution >= 0.6 is 0 Å². The van der Waals surface area contributed by atoms with Gasteiger partial charge in [0.15, 0.2) is 0 Å². The summed E-state index contributed by atoms with van der Waals surface area (Å²) in [4.78, 5) is 20.6. The molecule has 0 saturated heterocycles. The summed E-state index contributed by atoms with van der Waals surface area (Å²) in [5, 5.41) is 4.22. The number of nitrogens with zero attached hydrogens (tertiary/aromatic N) is 4. The fraction of sp³-hybridized carbons (Fsp3) is 0.333. The molecule has 0 aliphatic carbocycles. The Morgan fingerprint density at radius 3 is 1.17 bits per heavy atom. The van der Waals surface area contributed by atoms with Crippen LogP contribution in [0.1, 0.15) is 75.2 Å². The van der Waals surface area contributed by atoms with Gasteiger partial charge in [0.2, 0.25) is 0 Å². The van der Waals surface area contributed by atoms with Gasteiger partial charge in [-0.05, 0) is 74.9 Å². The molecule has 0 amide bonds. The van der Waals surface area contributed by atoms with Gasteiger partial charge in [0.1, 0.15) is 0 Å². The van der Waals surface area contributed by atoms with E-state index in [0.717, 1.165) is 81.0 Å². The standard InChI is InChI=1S/C30H32N4.Pt/c1-7-19-21(9-3)29-30-22(10-4)20(8-2)28(34-30)18(6)24-14-12-16-26(32-24)25-15-11-13-23(31-25)17(5)27(19)33-29;/h11-16H,7-10H2,1-6H3;/q-2;+2. The largest absolute Gasteiger partial charge is 2.00 e. The SMILES string of the molecule is CCc1c(CC)c2[n-]c1=C(C)c1cccc(n1)-c1cccc(n1)C(C)=c1[n-]c=2c(CC)c1CC.[Pt+2]. The van der Waals surface area contributed by atoms with E-state index in [1.54, 1.807) is 0 Å². The van der Waals surface area contributed by atoms with Crippen molar-refractivity contribution in [3.05, 3.63) is 91.4 Å². The molecule has 35 heavy (non-hydrogen) atoms. The minimum absolute atomic E-state index is 0. The third-order valence-electron chi connectivity index (χ3n) is 7.20. The minimum Gasteiger partial charge on any atom is -0.658 e. The van der Waals surface area contributed by atoms with Gasteiger partial charge in [-0.1, -0.05) is 62.1 Å². The number of hydrogen-bond donors (Lipinski definition) is 0. The molecule has 0 aromatic carbocycles. The first-order chi connectivity index (χ1) is 16.5. The second kappa shape index (κ2) is 10.1. The molecule has 5 heteroatoms. The summed E-state index contributed by atoms with van der Waals surface area (Å²) in [6.07, 6.45) is 3.74. The maximum atomic E-state index is 5.29. The summed E-state index contributed by atoms with van der Waals surface area (Å²) in [6, 6.07) is 12.4. The van der Waals surface area contributed by atoms with E-state index in [-0.39, 0.29) is 21.1 Å². The van der Waals surface area contributed by atoms with Crippen molar-refractivity contribution >= 4 is 11.1 Å². The maximum Gasteiger partial charge on any atom is 2.00 e. The van der Waals surface area contributed by atoms with Gasteiger partial charge in [0.25, 0.3) is 0 Å². The molecule has 4 aromatic rings. The second-order valence-corrected chi connectivity index (χ2v) is 9.01. The predicted molar refractivity (Wildman–Crippen MR) is 138 cm³/mol. The summed E-state index contributed by atoms with van der Waals surface area (Å²) in [5.41, 5.74) is 11.2. The molecule has 0 unspecified atom stereocenters. The van der Waals surface area contributed by atoms with Gasteiger partial charge >= 0.3 is 21.1 Å². The molecule has 5 heterocycles. The van der Waals surface area contributed by atoms with Gasteiger partial charge in [-0.15, -0.1) is 21.4 Å². The molecule has 0 radical (unpaired) electrons. The monoisotopic (exact) mass is 643 g/mol. The summed E-state index contributed by atoms with van der Waals surface area (Å²) >= 11 is 0. The van der Waals surface area contributed by atoms with Crippen LogP contribution in [0, 0.1) is 10.7 Å². The Balaban J connectivity index is 0.00000289. The van der Waals surface area contributed by atoms with Crippen LogP contribution in [0.15, 0.2) is 36.4 Å². The molecule has 0 saturated carbocycles. The Kier molecular flexibility index (Phi) is 7.33. The zero-order chi connectivity index (χ0) is 24.0. The number of fused-ring (bicyclic) bond motifs is 9. The first-order valence-corrected chi connectivity index (χ1v) is 12.5. The molecule has 0 spiro atoms. The van der Waals surface area contributed by atoms with E-state index in [1.165, 1.54) is 22.3 Å². The van der Waals surface area contributed by atoms with Crippen molar-refractivity contribution < 1.29 is 21.1 Å². The van der Waals surface area contributed by atoms with Crippen LogP contribution < -0.4 is 20.7 Å². The van der Waals surface area contributed by atoms with E-state index < -0.39 is 0 Å². The van der Waals surface area contributed by atoms with Crippen molar-refractivity contribution in [2.24, 2.45) is 0 Å². The van der Waals surface area contributed by atoms with Gasteiger partial charge in [-0.25, -0.2) is 9.97 Å². The molecule has 182 valence electrons. The fourth-order valence-electron chi connectivity index (χ4n) is 5.42. The van der Waals surface area contributed by atoms with Crippen molar-refractivity contribution in [2.75, 3.05) is 0 Å². The van der Waals surface area contributed by atoms with E-state index in [0.29, 0.717) is 0 Å². The average molecular weight is 644 g/mol. The third kappa shape index (κ3) is 4.06. The smallest absolute Gasteiger partial charge is 0.658 e. The van der Waals surface area contributed by atoms with Gasteiger partial charge < -0.3 is 9.97 Å². The predicted octanol–water partition coefficient (Wildman–Crippen LogP) is 4.34. The molecule has 0 atom stereocenters. The van der Waals surface area contributed by atoms with Crippen molar-refractivity contribution in [1.29, 1.82) is 0 Å². The van der Waals surface area contributed by atoms with Crippen LogP contribution in [0.4, 0.5) is 0 Å². The van der Waals surface area contributed by atoms with Crippen LogP contribution in [0.2, 0.25) is 0 Å². The fourth-order valence-corrected chi connectivity index (χ4v) is 5.42. The molecule has 1 aliphatic rings. The van der Waals surface area contributed by atoms with Crippen LogP contribution in [-0.4, -0.2) is 9.97 Å². The van der Waals surface area contributed by atoms with Crippen molar-refractivity contribution in [3.8, 4) is 11.4 Å². The Bertz CT molecular complexity index is 1500. The Hall–Kier alpha value is -2.71. The van der Waals surface area contributed by atoms with Crippen LogP contribution in [0.3, 0.4) is 0 Å². The topological polar surface area (TPSA) is 54.0 Å². The summed E-state index contributed by atoms with van der Waals surface area (Å²) in [5.74, 6) is 0. The van der Waals surface area contributed by atoms with Crippen LogP contribution in [-0.2, 0) is 46.7 Å². The van der Waals surface area contributed by atoms with Gasteiger partial charge in [-0.2, -0.15) is 0 Å². The first kappa shape index (κ1) is 25.4. The van der Waals surface area contributed by atoms with Crippen LogP contribution in [0.25, 0.3) is 22.5 Å². The summed E-state index contributed by atoms with van der Waals surface area (Å²) < 4.78 is 0. The van der Waals surface area contributed by atoms with Gasteiger partial charge in [0.05, 0.1) is 22.8 Å². The maximum absolute atomic E-state index is 5.29. The minimum atomic E-state index is 0. The van der Waals surface area contributed by atoms with E-state index in [4.69, 9.17) is 19.9 Å². The van der Waals surface area contributed by atoms with Gasteiger partial charge in [-0.3, -0.25) is 0 Å². The van der Waals surface area contributed by atoms with E-state index in [1.807, 2.05) is 12.1 Å². The van der Waals surface area contributed by atoms with Gasteiger partial charge in [0, 0.05) is 0 Å². The molecule has 5 rings (SSSR count). The molecule has 8 bridgehead atoms. The Labute approximate surface area is 221 Å². The Morgan fingerprint density at radius 1 is 0.514 bits per heavy atom. The van der Waals surface area contributed by atoms with E-state index >= 15 is 0 Å². The third-order valence-corrected chi connectivity index (χ3v) is 7.20. The normalized spacial score (nSPS) is 12.4. The molecular weight excluding hydrogens is 611 g/mol. The van der Waals surface area contributed by atoms with Crippen molar-refractivity contribution in [2.45, 2.75) is 67.2 Å². The number of pyridine rings is 2. The van der Waals surface area contributed by atoms with Crippen molar-refractivity contribution in [1.82, 2.24) is 19.9 Å². The van der Waals surface area contributed by atoms with E-state index in [2.05, 4.69) is 65.8 Å². The average Bonchev–Trinajstić information content (AvgIpc) is 3.44. The van der Waals surface area contributed by atoms with E-state index in [9.17, 15) is 0 Å². The van der Waals surface area contributed by atoms with Crippen molar-refractivity contribution in [3.63, 3.8) is 0 Å².